The molecule has 144 valence electrons. The molecule has 0 amide bonds. The second-order valence-corrected chi connectivity index (χ2v) is 7.13. The maximum atomic E-state index is 5.65. The molecular formula is C19H15N7O2S. The zero-order chi connectivity index (χ0) is 19.6. The predicted molar refractivity (Wildman–Crippen MR) is 107 cm³/mol. The molecule has 0 aliphatic carbocycles. The summed E-state index contributed by atoms with van der Waals surface area (Å²) in [5, 5.41) is 12.3. The molecule has 0 spiro atoms. The van der Waals surface area contributed by atoms with Crippen LogP contribution in [0.15, 0.2) is 59.5 Å². The highest BCUT2D eigenvalue weighted by Gasteiger charge is 2.10. The molecule has 0 atom stereocenters. The van der Waals surface area contributed by atoms with Gasteiger partial charge in [0, 0.05) is 23.6 Å². The van der Waals surface area contributed by atoms with Crippen molar-refractivity contribution in [3.8, 4) is 17.0 Å². The Bertz CT molecular complexity index is 1210. The van der Waals surface area contributed by atoms with Crippen LogP contribution in [0.1, 0.15) is 11.7 Å². The van der Waals surface area contributed by atoms with Crippen LogP contribution in [-0.4, -0.2) is 29.7 Å². The number of aromatic nitrogens is 6. The minimum Gasteiger partial charge on any atom is -0.484 e. The molecule has 0 fully saturated rings. The van der Waals surface area contributed by atoms with E-state index in [2.05, 4.69) is 30.5 Å². The molecule has 0 saturated carbocycles. The number of rotatable bonds is 6. The first kappa shape index (κ1) is 17.3. The molecule has 0 unspecified atom stereocenters. The SMILES string of the molecule is Cc1noc(COc2ccc(Nc3nn4cc(-c5cccnc5)nc4s3)cc2)n1. The van der Waals surface area contributed by atoms with Crippen molar-refractivity contribution in [2.75, 3.05) is 5.32 Å². The molecule has 0 aliphatic heterocycles. The van der Waals surface area contributed by atoms with E-state index >= 15 is 0 Å². The maximum Gasteiger partial charge on any atom is 0.264 e. The van der Waals surface area contributed by atoms with Crippen molar-refractivity contribution < 1.29 is 9.26 Å². The van der Waals surface area contributed by atoms with Gasteiger partial charge in [0.1, 0.15) is 5.75 Å². The van der Waals surface area contributed by atoms with Gasteiger partial charge in [-0.05, 0) is 43.3 Å². The Kier molecular flexibility index (Phi) is 4.37. The second-order valence-electron chi connectivity index (χ2n) is 6.18. The topological polar surface area (TPSA) is 103 Å². The summed E-state index contributed by atoms with van der Waals surface area (Å²) in [7, 11) is 0. The van der Waals surface area contributed by atoms with Crippen molar-refractivity contribution in [2.45, 2.75) is 13.5 Å². The Labute approximate surface area is 169 Å². The highest BCUT2D eigenvalue weighted by molar-refractivity contribution is 7.20. The number of pyridine rings is 1. The average molecular weight is 405 g/mol. The van der Waals surface area contributed by atoms with Gasteiger partial charge in [-0.2, -0.15) is 4.98 Å². The van der Waals surface area contributed by atoms with Crippen LogP contribution < -0.4 is 10.1 Å². The van der Waals surface area contributed by atoms with E-state index in [0.717, 1.165) is 27.0 Å². The third kappa shape index (κ3) is 3.78. The number of fused-ring (bicyclic) bond motifs is 1. The van der Waals surface area contributed by atoms with Crippen molar-refractivity contribution in [3.05, 3.63) is 66.7 Å². The molecule has 0 radical (unpaired) electrons. The van der Waals surface area contributed by atoms with Gasteiger partial charge in [0.25, 0.3) is 5.89 Å². The zero-order valence-electron chi connectivity index (χ0n) is 15.3. The van der Waals surface area contributed by atoms with Crippen molar-refractivity contribution >= 4 is 27.1 Å². The van der Waals surface area contributed by atoms with Gasteiger partial charge in [-0.3, -0.25) is 4.98 Å². The fourth-order valence-electron chi connectivity index (χ4n) is 2.71. The van der Waals surface area contributed by atoms with Crippen molar-refractivity contribution in [3.63, 3.8) is 0 Å². The standard InChI is InChI=1S/C19H15N7O2S/c1-12-21-17(28-25-12)11-27-15-6-4-14(5-7-15)22-18-24-26-10-16(23-19(26)29-18)13-3-2-8-20-9-13/h2-10H,11H2,1H3,(H,22,24). The van der Waals surface area contributed by atoms with Crippen LogP contribution in [0.4, 0.5) is 10.8 Å². The third-order valence-electron chi connectivity index (χ3n) is 4.04. The third-order valence-corrected chi connectivity index (χ3v) is 4.88. The molecule has 1 N–H and O–H groups in total. The largest absolute Gasteiger partial charge is 0.484 e. The summed E-state index contributed by atoms with van der Waals surface area (Å²) in [5.74, 6) is 1.74. The van der Waals surface area contributed by atoms with Gasteiger partial charge >= 0.3 is 0 Å². The minimum atomic E-state index is 0.233. The second kappa shape index (κ2) is 7.32. The maximum absolute atomic E-state index is 5.65. The Balaban J connectivity index is 1.25. The van der Waals surface area contributed by atoms with Gasteiger partial charge in [-0.15, -0.1) is 5.10 Å². The van der Waals surface area contributed by atoms with Crippen molar-refractivity contribution in [1.82, 2.24) is 29.7 Å². The predicted octanol–water partition coefficient (Wildman–Crippen LogP) is 3.87. The summed E-state index contributed by atoms with van der Waals surface area (Å²) in [6, 6.07) is 11.4. The van der Waals surface area contributed by atoms with Gasteiger partial charge in [0.15, 0.2) is 12.4 Å². The highest BCUT2D eigenvalue weighted by atomic mass is 32.1. The van der Waals surface area contributed by atoms with Crippen LogP contribution in [0.25, 0.3) is 16.2 Å². The van der Waals surface area contributed by atoms with E-state index in [4.69, 9.17) is 9.26 Å². The Morgan fingerprint density at radius 2 is 2.07 bits per heavy atom. The Morgan fingerprint density at radius 3 is 2.79 bits per heavy atom. The van der Waals surface area contributed by atoms with Gasteiger partial charge in [0.05, 0.1) is 11.9 Å². The quantitative estimate of drug-likeness (QED) is 0.454. The van der Waals surface area contributed by atoms with Gasteiger partial charge < -0.3 is 14.6 Å². The Morgan fingerprint density at radius 1 is 1.17 bits per heavy atom. The van der Waals surface area contributed by atoms with E-state index < -0.39 is 0 Å². The molecule has 29 heavy (non-hydrogen) atoms. The van der Waals surface area contributed by atoms with Crippen LogP contribution in [0, 0.1) is 6.92 Å². The van der Waals surface area contributed by atoms with Gasteiger partial charge in [0.2, 0.25) is 10.1 Å². The molecule has 1 aromatic carbocycles. The lowest BCUT2D eigenvalue weighted by molar-refractivity contribution is 0.242. The number of nitrogens with zero attached hydrogens (tertiary/aromatic N) is 6. The summed E-state index contributed by atoms with van der Waals surface area (Å²) in [5.41, 5.74) is 2.71. The summed E-state index contributed by atoms with van der Waals surface area (Å²) in [6.07, 6.45) is 5.42. The van der Waals surface area contributed by atoms with Crippen molar-refractivity contribution in [1.29, 1.82) is 0 Å². The lowest BCUT2D eigenvalue weighted by Gasteiger charge is -2.05. The van der Waals surface area contributed by atoms with Crippen LogP contribution >= 0.6 is 11.3 Å². The summed E-state index contributed by atoms with van der Waals surface area (Å²) in [4.78, 5) is 13.7. The molecule has 5 aromatic rings. The number of hydrogen-bond acceptors (Lipinski definition) is 9. The number of benzene rings is 1. The summed E-state index contributed by atoms with van der Waals surface area (Å²) >= 11 is 1.47. The van der Waals surface area contributed by atoms with Crippen LogP contribution in [0.5, 0.6) is 5.75 Å². The van der Waals surface area contributed by atoms with E-state index in [-0.39, 0.29) is 6.61 Å². The normalized spacial score (nSPS) is 11.1. The lowest BCUT2D eigenvalue weighted by Crippen LogP contribution is -1.96. The molecule has 4 heterocycles. The molecule has 0 saturated heterocycles. The number of ether oxygens (including phenoxy) is 1. The van der Waals surface area contributed by atoms with Crippen molar-refractivity contribution in [2.24, 2.45) is 0 Å². The van der Waals surface area contributed by atoms with Crippen LogP contribution in [0.3, 0.4) is 0 Å². The van der Waals surface area contributed by atoms with E-state index in [1.165, 1.54) is 11.3 Å². The Hall–Kier alpha value is -3.79. The zero-order valence-corrected chi connectivity index (χ0v) is 16.1. The first-order valence-corrected chi connectivity index (χ1v) is 9.60. The van der Waals surface area contributed by atoms with E-state index in [0.29, 0.717) is 17.5 Å². The fraction of sp³-hybridized carbons (Fsp3) is 0.105. The lowest BCUT2D eigenvalue weighted by atomic mass is 10.2. The van der Waals surface area contributed by atoms with E-state index in [1.54, 1.807) is 23.8 Å². The number of hydrogen-bond donors (Lipinski definition) is 1. The highest BCUT2D eigenvalue weighted by Crippen LogP contribution is 2.27. The molecule has 5 rings (SSSR count). The van der Waals surface area contributed by atoms with E-state index in [1.807, 2.05) is 42.6 Å². The number of anilines is 2. The number of aryl methyl sites for hydroxylation is 1. The molecule has 9 nitrogen and oxygen atoms in total. The van der Waals surface area contributed by atoms with Gasteiger partial charge in [-0.1, -0.05) is 16.5 Å². The summed E-state index contributed by atoms with van der Waals surface area (Å²) in [6.45, 7) is 2.00. The smallest absolute Gasteiger partial charge is 0.264 e. The first-order valence-electron chi connectivity index (χ1n) is 8.79. The molecule has 0 bridgehead atoms. The monoisotopic (exact) mass is 405 g/mol. The number of imidazole rings is 1. The van der Waals surface area contributed by atoms with Crippen LogP contribution in [0.2, 0.25) is 0 Å². The number of nitrogens with one attached hydrogen (secondary N) is 1. The minimum absolute atomic E-state index is 0.233. The van der Waals surface area contributed by atoms with E-state index in [9.17, 15) is 0 Å². The fourth-order valence-corrected chi connectivity index (χ4v) is 3.51. The molecule has 4 aromatic heterocycles. The average Bonchev–Trinajstić information content (AvgIpc) is 3.43. The van der Waals surface area contributed by atoms with Gasteiger partial charge in [-0.25, -0.2) is 9.50 Å². The molecule has 10 heteroatoms. The summed E-state index contributed by atoms with van der Waals surface area (Å²) < 4.78 is 12.4. The molecular weight excluding hydrogens is 390 g/mol. The first-order chi connectivity index (χ1) is 14.2. The molecule has 0 aliphatic rings. The van der Waals surface area contributed by atoms with Crippen LogP contribution in [-0.2, 0) is 6.61 Å².